The van der Waals surface area contributed by atoms with Crippen LogP contribution in [0.15, 0.2) is 66.9 Å². The van der Waals surface area contributed by atoms with E-state index in [0.717, 1.165) is 5.56 Å². The lowest BCUT2D eigenvalue weighted by molar-refractivity contribution is 0.0911. The Hall–Kier alpha value is -3.12. The minimum atomic E-state index is -0.827. The average molecular weight is 337 g/mol. The van der Waals surface area contributed by atoms with Gasteiger partial charge in [0.2, 0.25) is 0 Å². The Balaban J connectivity index is 1.55. The Morgan fingerprint density at radius 1 is 1.16 bits per heavy atom. The van der Waals surface area contributed by atoms with Gasteiger partial charge in [0.25, 0.3) is 5.91 Å². The molecule has 0 saturated heterocycles. The van der Waals surface area contributed by atoms with E-state index >= 15 is 0 Å². The van der Waals surface area contributed by atoms with Crippen molar-refractivity contribution in [2.75, 3.05) is 6.54 Å². The lowest BCUT2D eigenvalue weighted by atomic mass is 10.1. The molecule has 1 amide bonds. The van der Waals surface area contributed by atoms with Gasteiger partial charge in [-0.25, -0.2) is 0 Å². The summed E-state index contributed by atoms with van der Waals surface area (Å²) in [6, 6.07) is 18.6. The second kappa shape index (κ2) is 8.12. The summed E-state index contributed by atoms with van der Waals surface area (Å²) in [5.74, 6) is 0.355. The van der Waals surface area contributed by atoms with Gasteiger partial charge in [-0.1, -0.05) is 42.5 Å². The monoisotopic (exact) mass is 337 g/mol. The van der Waals surface area contributed by atoms with Gasteiger partial charge in [0, 0.05) is 12.7 Å². The largest absolute Gasteiger partial charge is 0.489 e. The number of aliphatic hydroxyl groups is 1. The lowest BCUT2D eigenvalue weighted by Crippen LogP contribution is -2.28. The maximum absolute atomic E-state index is 11.8. The number of aliphatic hydroxyl groups excluding tert-OH is 1. The molecule has 3 N–H and O–H groups in total. The van der Waals surface area contributed by atoms with Gasteiger partial charge >= 0.3 is 0 Å². The van der Waals surface area contributed by atoms with Gasteiger partial charge in [0.05, 0.1) is 6.10 Å². The van der Waals surface area contributed by atoms with E-state index in [1.807, 2.05) is 42.5 Å². The van der Waals surface area contributed by atoms with Crippen molar-refractivity contribution in [2.24, 2.45) is 0 Å². The Kier molecular flexibility index (Phi) is 5.43. The van der Waals surface area contributed by atoms with Crippen molar-refractivity contribution in [3.05, 3.63) is 83.7 Å². The molecule has 1 aromatic heterocycles. The number of hydrogen-bond donors (Lipinski definition) is 3. The number of carbonyl (C=O) groups is 1. The van der Waals surface area contributed by atoms with E-state index in [0.29, 0.717) is 23.6 Å². The molecule has 3 aromatic rings. The van der Waals surface area contributed by atoms with Crippen LogP contribution in [0.1, 0.15) is 27.7 Å². The molecule has 0 aliphatic heterocycles. The number of nitrogens with one attached hydrogen (secondary N) is 2. The lowest BCUT2D eigenvalue weighted by Gasteiger charge is -2.13. The van der Waals surface area contributed by atoms with Gasteiger partial charge in [-0.05, 0) is 29.3 Å². The highest BCUT2D eigenvalue weighted by molar-refractivity contribution is 5.92. The molecule has 0 fully saturated rings. The normalized spacial score (nSPS) is 11.7. The molecule has 0 bridgehead atoms. The topological polar surface area (TPSA) is 87.2 Å². The highest BCUT2D eigenvalue weighted by Gasteiger charge is 2.12. The standard InChI is InChI=1S/C19H19N3O3/c23-18(12-20-19(24)17-9-10-21-22-17)15-7-4-8-16(11-15)25-13-14-5-2-1-3-6-14/h1-11,18,23H,12-13H2,(H,20,24)(H,21,22). The Morgan fingerprint density at radius 2 is 2.00 bits per heavy atom. The fraction of sp³-hybridized carbons (Fsp3) is 0.158. The van der Waals surface area contributed by atoms with Crippen LogP contribution in [0.5, 0.6) is 5.75 Å². The second-order valence-electron chi connectivity index (χ2n) is 5.54. The molecule has 1 heterocycles. The van der Waals surface area contributed by atoms with Crippen molar-refractivity contribution in [1.29, 1.82) is 0 Å². The fourth-order valence-corrected chi connectivity index (χ4v) is 2.34. The first kappa shape index (κ1) is 16.7. The van der Waals surface area contributed by atoms with E-state index in [-0.39, 0.29) is 12.5 Å². The fourth-order valence-electron chi connectivity index (χ4n) is 2.34. The van der Waals surface area contributed by atoms with Gasteiger partial charge in [0.1, 0.15) is 18.1 Å². The number of aromatic amines is 1. The van der Waals surface area contributed by atoms with Gasteiger partial charge < -0.3 is 15.2 Å². The molecule has 0 aliphatic carbocycles. The maximum atomic E-state index is 11.8. The molecule has 2 aromatic carbocycles. The number of benzene rings is 2. The van der Waals surface area contributed by atoms with E-state index in [4.69, 9.17) is 4.74 Å². The van der Waals surface area contributed by atoms with E-state index in [1.165, 1.54) is 6.20 Å². The van der Waals surface area contributed by atoms with Crippen molar-refractivity contribution in [3.8, 4) is 5.75 Å². The zero-order chi connectivity index (χ0) is 17.5. The number of amides is 1. The minimum Gasteiger partial charge on any atom is -0.489 e. The molecule has 0 radical (unpaired) electrons. The van der Waals surface area contributed by atoms with Crippen LogP contribution < -0.4 is 10.1 Å². The van der Waals surface area contributed by atoms with Crippen LogP contribution >= 0.6 is 0 Å². The van der Waals surface area contributed by atoms with Crippen LogP contribution in [0.4, 0.5) is 0 Å². The number of nitrogens with zero attached hydrogens (tertiary/aromatic N) is 1. The van der Waals surface area contributed by atoms with Crippen LogP contribution in [-0.2, 0) is 6.61 Å². The first-order valence-corrected chi connectivity index (χ1v) is 7.95. The maximum Gasteiger partial charge on any atom is 0.269 e. The summed E-state index contributed by atoms with van der Waals surface area (Å²) in [5, 5.41) is 19.2. The summed E-state index contributed by atoms with van der Waals surface area (Å²) < 4.78 is 5.76. The van der Waals surface area contributed by atoms with Gasteiger partial charge in [-0.2, -0.15) is 5.10 Å². The van der Waals surface area contributed by atoms with Gasteiger partial charge in [-0.15, -0.1) is 0 Å². The number of rotatable bonds is 7. The molecule has 6 nitrogen and oxygen atoms in total. The first-order valence-electron chi connectivity index (χ1n) is 7.95. The third-order valence-corrected chi connectivity index (χ3v) is 3.69. The van der Waals surface area contributed by atoms with Gasteiger partial charge in [-0.3, -0.25) is 9.89 Å². The highest BCUT2D eigenvalue weighted by atomic mass is 16.5. The number of H-pyrrole nitrogens is 1. The van der Waals surface area contributed by atoms with Crippen LogP contribution in [-0.4, -0.2) is 27.8 Å². The molecule has 0 saturated carbocycles. The van der Waals surface area contributed by atoms with E-state index in [9.17, 15) is 9.90 Å². The SMILES string of the molecule is O=C(NCC(O)c1cccc(OCc2ccccc2)c1)c1ccn[nH]1. The molecule has 0 aliphatic rings. The third kappa shape index (κ3) is 4.68. The summed E-state index contributed by atoms with van der Waals surface area (Å²) in [4.78, 5) is 11.8. The molecule has 1 atom stereocenters. The quantitative estimate of drug-likeness (QED) is 0.618. The molecule has 1 unspecified atom stereocenters. The van der Waals surface area contributed by atoms with Crippen molar-refractivity contribution in [3.63, 3.8) is 0 Å². The van der Waals surface area contributed by atoms with Crippen molar-refractivity contribution < 1.29 is 14.6 Å². The van der Waals surface area contributed by atoms with Crippen molar-refractivity contribution in [1.82, 2.24) is 15.5 Å². The third-order valence-electron chi connectivity index (χ3n) is 3.69. The van der Waals surface area contributed by atoms with E-state index < -0.39 is 6.10 Å². The molecule has 6 heteroatoms. The zero-order valence-electron chi connectivity index (χ0n) is 13.6. The number of carbonyl (C=O) groups excluding carboxylic acids is 1. The molecule has 3 rings (SSSR count). The Bertz CT molecular complexity index is 804. The zero-order valence-corrected chi connectivity index (χ0v) is 13.6. The number of ether oxygens (including phenoxy) is 1. The summed E-state index contributed by atoms with van der Waals surface area (Å²) >= 11 is 0. The van der Waals surface area contributed by atoms with Crippen molar-refractivity contribution >= 4 is 5.91 Å². The van der Waals surface area contributed by atoms with E-state index in [2.05, 4.69) is 15.5 Å². The predicted octanol–water partition coefficient (Wildman–Crippen LogP) is 2.45. The smallest absolute Gasteiger partial charge is 0.269 e. The van der Waals surface area contributed by atoms with E-state index in [1.54, 1.807) is 18.2 Å². The predicted molar refractivity (Wildman–Crippen MR) is 93.1 cm³/mol. The summed E-state index contributed by atoms with van der Waals surface area (Å²) in [6.45, 7) is 0.553. The van der Waals surface area contributed by atoms with Crippen molar-refractivity contribution in [2.45, 2.75) is 12.7 Å². The van der Waals surface area contributed by atoms with Crippen LogP contribution in [0.3, 0.4) is 0 Å². The summed E-state index contributed by atoms with van der Waals surface area (Å²) in [6.07, 6.45) is 0.672. The molecular weight excluding hydrogens is 318 g/mol. The van der Waals surface area contributed by atoms with Gasteiger partial charge in [0.15, 0.2) is 0 Å². The van der Waals surface area contributed by atoms with Crippen LogP contribution in [0.25, 0.3) is 0 Å². The summed E-state index contributed by atoms with van der Waals surface area (Å²) in [7, 11) is 0. The highest BCUT2D eigenvalue weighted by Crippen LogP contribution is 2.20. The molecule has 128 valence electrons. The average Bonchev–Trinajstić information content (AvgIpc) is 3.20. The van der Waals surface area contributed by atoms with Crippen LogP contribution in [0.2, 0.25) is 0 Å². The number of hydrogen-bond acceptors (Lipinski definition) is 4. The Labute approximate surface area is 145 Å². The summed E-state index contributed by atoms with van der Waals surface area (Å²) in [5.41, 5.74) is 2.10. The molecular formula is C19H19N3O3. The molecule has 0 spiro atoms. The van der Waals surface area contributed by atoms with Crippen LogP contribution in [0, 0.1) is 0 Å². The first-order chi connectivity index (χ1) is 12.2. The minimum absolute atomic E-state index is 0.0972. The second-order valence-corrected chi connectivity index (χ2v) is 5.54. The Morgan fingerprint density at radius 3 is 2.76 bits per heavy atom. The number of aromatic nitrogens is 2. The molecule has 25 heavy (non-hydrogen) atoms.